The summed E-state index contributed by atoms with van der Waals surface area (Å²) in [5, 5.41) is 14.6. The molecule has 2 aromatic carbocycles. The third-order valence-corrected chi connectivity index (χ3v) is 5.14. The Kier molecular flexibility index (Phi) is 6.45. The number of nitrogens with zero attached hydrogens (tertiary/aromatic N) is 2. The fourth-order valence-electron chi connectivity index (χ4n) is 3.54. The van der Waals surface area contributed by atoms with E-state index in [4.69, 9.17) is 5.26 Å². The van der Waals surface area contributed by atoms with Crippen molar-refractivity contribution in [1.82, 2.24) is 10.2 Å². The molecule has 1 unspecified atom stereocenters. The Morgan fingerprint density at radius 2 is 1.93 bits per heavy atom. The maximum absolute atomic E-state index is 12.2. The van der Waals surface area contributed by atoms with Crippen molar-refractivity contribution in [2.45, 2.75) is 38.8 Å². The van der Waals surface area contributed by atoms with Crippen LogP contribution in [0.1, 0.15) is 30.0 Å². The van der Waals surface area contributed by atoms with Crippen molar-refractivity contribution in [3.8, 4) is 6.07 Å². The molecule has 27 heavy (non-hydrogen) atoms. The van der Waals surface area contributed by atoms with Gasteiger partial charge in [-0.15, -0.1) is 0 Å². The summed E-state index contributed by atoms with van der Waals surface area (Å²) in [5.41, 5.74) is 4.51. The molecular formula is C22H26N4O. The summed E-state index contributed by atoms with van der Waals surface area (Å²) in [6, 6.07) is 18.2. The van der Waals surface area contributed by atoms with Crippen molar-refractivity contribution in [1.29, 1.82) is 5.26 Å². The second-order valence-corrected chi connectivity index (χ2v) is 6.92. The number of anilines is 1. The molecule has 0 aromatic heterocycles. The molecule has 2 N–H and O–H groups in total. The Morgan fingerprint density at radius 1 is 1.19 bits per heavy atom. The zero-order valence-electron chi connectivity index (χ0n) is 15.7. The van der Waals surface area contributed by atoms with Crippen LogP contribution in [-0.4, -0.2) is 30.1 Å². The standard InChI is InChI=1S/C22H26N4O/c1-2-21(26-14-12-18-5-3-4-6-19(18)16-26)15-24-22(27)25-20-9-7-17(8-10-20)11-13-23/h3-10,21H,2,11-12,14-16H2,1H3,(H2,24,25,27). The third kappa shape index (κ3) is 5.08. The van der Waals surface area contributed by atoms with Crippen molar-refractivity contribution >= 4 is 11.7 Å². The molecule has 5 heteroatoms. The number of rotatable bonds is 6. The van der Waals surface area contributed by atoms with Crippen LogP contribution in [0.25, 0.3) is 0 Å². The second-order valence-electron chi connectivity index (χ2n) is 6.92. The van der Waals surface area contributed by atoms with Gasteiger partial charge in [0.1, 0.15) is 0 Å². The summed E-state index contributed by atoms with van der Waals surface area (Å²) in [6.45, 7) is 4.76. The molecule has 2 amide bonds. The summed E-state index contributed by atoms with van der Waals surface area (Å²) in [4.78, 5) is 14.7. The van der Waals surface area contributed by atoms with E-state index in [-0.39, 0.29) is 6.03 Å². The Balaban J connectivity index is 1.50. The molecule has 1 aliphatic heterocycles. The van der Waals surface area contributed by atoms with Gasteiger partial charge in [-0.1, -0.05) is 43.3 Å². The first-order valence-electron chi connectivity index (χ1n) is 9.51. The molecule has 0 saturated carbocycles. The largest absolute Gasteiger partial charge is 0.336 e. The Hall–Kier alpha value is -2.84. The zero-order chi connectivity index (χ0) is 19.1. The van der Waals surface area contributed by atoms with Gasteiger partial charge in [0.05, 0.1) is 12.5 Å². The van der Waals surface area contributed by atoms with Crippen LogP contribution in [0.2, 0.25) is 0 Å². The van der Waals surface area contributed by atoms with Gasteiger partial charge in [0.25, 0.3) is 0 Å². The molecule has 0 spiro atoms. The molecule has 1 aliphatic rings. The predicted octanol–water partition coefficient (Wildman–Crippen LogP) is 3.71. The van der Waals surface area contributed by atoms with Crippen LogP contribution in [0, 0.1) is 11.3 Å². The molecule has 0 bridgehead atoms. The SMILES string of the molecule is CCC(CNC(=O)Nc1ccc(CC#N)cc1)N1CCc2ccccc2C1. The monoisotopic (exact) mass is 362 g/mol. The highest BCUT2D eigenvalue weighted by Gasteiger charge is 2.22. The minimum atomic E-state index is -0.195. The van der Waals surface area contributed by atoms with Gasteiger partial charge in [-0.2, -0.15) is 5.26 Å². The van der Waals surface area contributed by atoms with Crippen LogP contribution in [0.5, 0.6) is 0 Å². The highest BCUT2D eigenvalue weighted by Crippen LogP contribution is 2.21. The van der Waals surface area contributed by atoms with Crippen molar-refractivity contribution in [3.05, 3.63) is 65.2 Å². The highest BCUT2D eigenvalue weighted by molar-refractivity contribution is 5.89. The van der Waals surface area contributed by atoms with Crippen LogP contribution in [0.3, 0.4) is 0 Å². The Morgan fingerprint density at radius 3 is 2.63 bits per heavy atom. The number of carbonyl (C=O) groups excluding carboxylic acids is 1. The van der Waals surface area contributed by atoms with Gasteiger partial charge < -0.3 is 10.6 Å². The first-order chi connectivity index (χ1) is 13.2. The minimum Gasteiger partial charge on any atom is -0.336 e. The summed E-state index contributed by atoms with van der Waals surface area (Å²) < 4.78 is 0. The van der Waals surface area contributed by atoms with Crippen LogP contribution in [0.4, 0.5) is 10.5 Å². The lowest BCUT2D eigenvalue weighted by atomic mass is 9.98. The zero-order valence-corrected chi connectivity index (χ0v) is 15.7. The third-order valence-electron chi connectivity index (χ3n) is 5.14. The maximum Gasteiger partial charge on any atom is 0.319 e. The van der Waals surface area contributed by atoms with E-state index in [2.05, 4.69) is 52.8 Å². The molecule has 1 heterocycles. The molecule has 0 saturated heterocycles. The van der Waals surface area contributed by atoms with Crippen molar-refractivity contribution in [2.24, 2.45) is 0 Å². The van der Waals surface area contributed by atoms with Crippen LogP contribution < -0.4 is 10.6 Å². The number of nitrogens with one attached hydrogen (secondary N) is 2. The molecule has 0 aliphatic carbocycles. The van der Waals surface area contributed by atoms with Gasteiger partial charge in [-0.25, -0.2) is 4.79 Å². The van der Waals surface area contributed by atoms with E-state index in [1.54, 1.807) is 0 Å². The lowest BCUT2D eigenvalue weighted by Crippen LogP contribution is -2.46. The van der Waals surface area contributed by atoms with E-state index >= 15 is 0 Å². The molecule has 0 radical (unpaired) electrons. The van der Waals surface area contributed by atoms with E-state index in [1.165, 1.54) is 11.1 Å². The van der Waals surface area contributed by atoms with Gasteiger partial charge in [0.2, 0.25) is 0 Å². The molecule has 3 rings (SSSR count). The minimum absolute atomic E-state index is 0.195. The van der Waals surface area contributed by atoms with Crippen molar-refractivity contribution in [2.75, 3.05) is 18.4 Å². The molecular weight excluding hydrogens is 336 g/mol. The number of carbonyl (C=O) groups is 1. The van der Waals surface area contributed by atoms with Gasteiger partial charge in [0, 0.05) is 31.4 Å². The van der Waals surface area contributed by atoms with Crippen LogP contribution >= 0.6 is 0 Å². The summed E-state index contributed by atoms with van der Waals surface area (Å²) in [7, 11) is 0. The topological polar surface area (TPSA) is 68.2 Å². The maximum atomic E-state index is 12.2. The van der Waals surface area contributed by atoms with Gasteiger partial charge in [-0.05, 0) is 41.7 Å². The van der Waals surface area contributed by atoms with Gasteiger partial charge in [0.15, 0.2) is 0 Å². The van der Waals surface area contributed by atoms with E-state index in [0.29, 0.717) is 19.0 Å². The fraction of sp³-hybridized carbons (Fsp3) is 0.364. The fourth-order valence-corrected chi connectivity index (χ4v) is 3.54. The highest BCUT2D eigenvalue weighted by atomic mass is 16.2. The van der Waals surface area contributed by atoms with Crippen molar-refractivity contribution < 1.29 is 4.79 Å². The molecule has 140 valence electrons. The summed E-state index contributed by atoms with van der Waals surface area (Å²) in [6.07, 6.45) is 2.43. The van der Waals surface area contributed by atoms with E-state index in [1.807, 2.05) is 24.3 Å². The second kappa shape index (κ2) is 9.20. The number of fused-ring (bicyclic) bond motifs is 1. The normalized spacial score (nSPS) is 14.7. The first-order valence-corrected chi connectivity index (χ1v) is 9.51. The van der Waals surface area contributed by atoms with Gasteiger partial charge in [-0.3, -0.25) is 4.90 Å². The lowest BCUT2D eigenvalue weighted by molar-refractivity contribution is 0.170. The predicted molar refractivity (Wildman–Crippen MR) is 107 cm³/mol. The number of hydrogen-bond acceptors (Lipinski definition) is 3. The number of urea groups is 1. The number of hydrogen-bond donors (Lipinski definition) is 2. The van der Waals surface area contributed by atoms with Gasteiger partial charge >= 0.3 is 6.03 Å². The smallest absolute Gasteiger partial charge is 0.319 e. The average molecular weight is 362 g/mol. The van der Waals surface area contributed by atoms with Crippen molar-refractivity contribution in [3.63, 3.8) is 0 Å². The number of benzene rings is 2. The van der Waals surface area contributed by atoms with E-state index in [0.717, 1.165) is 37.2 Å². The Labute approximate surface area is 161 Å². The molecule has 2 aromatic rings. The summed E-state index contributed by atoms with van der Waals surface area (Å²) >= 11 is 0. The van der Waals surface area contributed by atoms with Crippen LogP contribution in [-0.2, 0) is 19.4 Å². The number of amides is 2. The molecule has 1 atom stereocenters. The Bertz CT molecular complexity index is 810. The van der Waals surface area contributed by atoms with E-state index < -0.39 is 0 Å². The molecule has 0 fully saturated rings. The van der Waals surface area contributed by atoms with Crippen LogP contribution in [0.15, 0.2) is 48.5 Å². The average Bonchev–Trinajstić information content (AvgIpc) is 2.70. The number of nitriles is 1. The molecule has 5 nitrogen and oxygen atoms in total. The first kappa shape index (κ1) is 18.9. The quantitative estimate of drug-likeness (QED) is 0.823. The lowest BCUT2D eigenvalue weighted by Gasteiger charge is -2.35. The van der Waals surface area contributed by atoms with E-state index in [9.17, 15) is 4.79 Å². The summed E-state index contributed by atoms with van der Waals surface area (Å²) in [5.74, 6) is 0.